The minimum absolute atomic E-state index is 0.155. The number of amides is 1. The van der Waals surface area contributed by atoms with Crippen LogP contribution in [0.15, 0.2) is 24.3 Å². The van der Waals surface area contributed by atoms with E-state index in [1.54, 1.807) is 12.1 Å². The van der Waals surface area contributed by atoms with Crippen molar-refractivity contribution in [2.24, 2.45) is 11.7 Å². The summed E-state index contributed by atoms with van der Waals surface area (Å²) in [6.45, 7) is 3.96. The van der Waals surface area contributed by atoms with Crippen LogP contribution in [0.1, 0.15) is 20.3 Å². The average Bonchev–Trinajstić information content (AvgIpc) is 2.30. The lowest BCUT2D eigenvalue weighted by Crippen LogP contribution is -2.40. The van der Waals surface area contributed by atoms with E-state index in [1.807, 2.05) is 26.0 Å². The van der Waals surface area contributed by atoms with Gasteiger partial charge in [-0.05, 0) is 18.1 Å². The van der Waals surface area contributed by atoms with Crippen LogP contribution in [0.5, 0.6) is 0 Å². The lowest BCUT2D eigenvalue weighted by molar-refractivity contribution is -0.118. The summed E-state index contributed by atoms with van der Waals surface area (Å²) in [6, 6.07) is 6.61. The molecule has 1 aromatic carbocycles. The average molecular weight is 241 g/mol. The first kappa shape index (κ1) is 13.0. The van der Waals surface area contributed by atoms with Crippen LogP contribution in [0.2, 0.25) is 5.02 Å². The highest BCUT2D eigenvalue weighted by molar-refractivity contribution is 6.33. The molecule has 1 amide bonds. The van der Waals surface area contributed by atoms with Crippen molar-refractivity contribution in [3.05, 3.63) is 29.3 Å². The van der Waals surface area contributed by atoms with Crippen LogP contribution >= 0.6 is 11.6 Å². The van der Waals surface area contributed by atoms with Crippen molar-refractivity contribution in [1.29, 1.82) is 0 Å². The van der Waals surface area contributed by atoms with Gasteiger partial charge in [0.05, 0.1) is 16.8 Å². The summed E-state index contributed by atoms with van der Waals surface area (Å²) >= 11 is 5.93. The smallest absolute Gasteiger partial charge is 0.241 e. The maximum absolute atomic E-state index is 11.8. The molecule has 1 aromatic rings. The van der Waals surface area contributed by atoms with Crippen molar-refractivity contribution in [3.63, 3.8) is 0 Å². The number of benzene rings is 1. The SMILES string of the molecule is CCC(C)C(N)C(=O)Nc1ccccc1Cl. The molecule has 0 spiro atoms. The normalized spacial score (nSPS) is 14.2. The number of anilines is 1. The monoisotopic (exact) mass is 240 g/mol. The third-order valence-electron chi connectivity index (χ3n) is 2.69. The van der Waals surface area contributed by atoms with Gasteiger partial charge in [-0.1, -0.05) is 44.0 Å². The number of hydrogen-bond acceptors (Lipinski definition) is 2. The Labute approximate surface area is 101 Å². The summed E-state index contributed by atoms with van der Waals surface area (Å²) in [4.78, 5) is 11.8. The van der Waals surface area contributed by atoms with E-state index in [4.69, 9.17) is 17.3 Å². The largest absolute Gasteiger partial charge is 0.323 e. The molecule has 0 aliphatic rings. The van der Waals surface area contributed by atoms with Gasteiger partial charge in [-0.3, -0.25) is 4.79 Å². The zero-order valence-corrected chi connectivity index (χ0v) is 10.3. The number of nitrogens with two attached hydrogens (primary N) is 1. The number of nitrogens with one attached hydrogen (secondary N) is 1. The molecule has 0 aliphatic carbocycles. The summed E-state index contributed by atoms with van der Waals surface area (Å²) in [6.07, 6.45) is 0.872. The molecule has 2 atom stereocenters. The van der Waals surface area contributed by atoms with Gasteiger partial charge in [0.25, 0.3) is 0 Å². The van der Waals surface area contributed by atoms with E-state index in [2.05, 4.69) is 5.32 Å². The Morgan fingerprint density at radius 1 is 1.50 bits per heavy atom. The van der Waals surface area contributed by atoms with Crippen LogP contribution in [-0.2, 0) is 4.79 Å². The maximum Gasteiger partial charge on any atom is 0.241 e. The van der Waals surface area contributed by atoms with E-state index in [0.717, 1.165) is 6.42 Å². The number of rotatable bonds is 4. The van der Waals surface area contributed by atoms with Crippen LogP contribution in [0, 0.1) is 5.92 Å². The molecular formula is C12H17ClN2O. The molecule has 0 radical (unpaired) electrons. The van der Waals surface area contributed by atoms with E-state index in [0.29, 0.717) is 10.7 Å². The fraction of sp³-hybridized carbons (Fsp3) is 0.417. The van der Waals surface area contributed by atoms with Crippen molar-refractivity contribution in [3.8, 4) is 0 Å². The first-order chi connectivity index (χ1) is 7.56. The van der Waals surface area contributed by atoms with Crippen molar-refractivity contribution in [1.82, 2.24) is 0 Å². The fourth-order valence-electron chi connectivity index (χ4n) is 1.29. The lowest BCUT2D eigenvalue weighted by Gasteiger charge is -2.18. The molecule has 3 N–H and O–H groups in total. The third-order valence-corrected chi connectivity index (χ3v) is 3.02. The molecule has 0 aliphatic heterocycles. The zero-order chi connectivity index (χ0) is 12.1. The van der Waals surface area contributed by atoms with Crippen LogP contribution in [0.3, 0.4) is 0 Å². The van der Waals surface area contributed by atoms with Gasteiger partial charge in [-0.15, -0.1) is 0 Å². The minimum Gasteiger partial charge on any atom is -0.323 e. The van der Waals surface area contributed by atoms with Gasteiger partial charge in [0.15, 0.2) is 0 Å². The van der Waals surface area contributed by atoms with E-state index < -0.39 is 6.04 Å². The van der Waals surface area contributed by atoms with Crippen molar-refractivity contribution in [2.45, 2.75) is 26.3 Å². The zero-order valence-electron chi connectivity index (χ0n) is 9.53. The van der Waals surface area contributed by atoms with E-state index in [9.17, 15) is 4.79 Å². The van der Waals surface area contributed by atoms with Gasteiger partial charge >= 0.3 is 0 Å². The molecular weight excluding hydrogens is 224 g/mol. The molecule has 0 fully saturated rings. The summed E-state index contributed by atoms with van der Waals surface area (Å²) in [7, 11) is 0. The molecule has 1 rings (SSSR count). The topological polar surface area (TPSA) is 55.1 Å². The van der Waals surface area contributed by atoms with Crippen molar-refractivity contribution >= 4 is 23.2 Å². The summed E-state index contributed by atoms with van der Waals surface area (Å²) in [5.41, 5.74) is 6.42. The second kappa shape index (κ2) is 5.87. The minimum atomic E-state index is -0.499. The second-order valence-electron chi connectivity index (χ2n) is 3.88. The Morgan fingerprint density at radius 2 is 2.12 bits per heavy atom. The van der Waals surface area contributed by atoms with E-state index >= 15 is 0 Å². The lowest BCUT2D eigenvalue weighted by atomic mass is 9.99. The first-order valence-corrected chi connectivity index (χ1v) is 5.75. The van der Waals surface area contributed by atoms with Gasteiger partial charge in [0, 0.05) is 0 Å². The van der Waals surface area contributed by atoms with E-state index in [-0.39, 0.29) is 11.8 Å². The fourth-order valence-corrected chi connectivity index (χ4v) is 1.47. The van der Waals surface area contributed by atoms with Crippen LogP contribution in [0.4, 0.5) is 5.69 Å². The van der Waals surface area contributed by atoms with Crippen LogP contribution in [0.25, 0.3) is 0 Å². The molecule has 0 saturated carbocycles. The second-order valence-corrected chi connectivity index (χ2v) is 4.29. The predicted molar refractivity (Wildman–Crippen MR) is 67.5 cm³/mol. The Hall–Kier alpha value is -1.06. The molecule has 4 heteroatoms. The summed E-state index contributed by atoms with van der Waals surface area (Å²) in [5.74, 6) is -0.0371. The van der Waals surface area contributed by atoms with Crippen LogP contribution in [-0.4, -0.2) is 11.9 Å². The molecule has 16 heavy (non-hydrogen) atoms. The van der Waals surface area contributed by atoms with Gasteiger partial charge in [-0.2, -0.15) is 0 Å². The molecule has 0 bridgehead atoms. The molecule has 3 nitrogen and oxygen atoms in total. The first-order valence-electron chi connectivity index (χ1n) is 5.37. The molecule has 0 saturated heterocycles. The summed E-state index contributed by atoms with van der Waals surface area (Å²) < 4.78 is 0. The number of hydrogen-bond donors (Lipinski definition) is 2. The Morgan fingerprint density at radius 3 is 2.69 bits per heavy atom. The molecule has 0 aromatic heterocycles. The van der Waals surface area contributed by atoms with Crippen molar-refractivity contribution in [2.75, 3.05) is 5.32 Å². The summed E-state index contributed by atoms with van der Waals surface area (Å²) in [5, 5.41) is 3.25. The quantitative estimate of drug-likeness (QED) is 0.850. The number of para-hydroxylation sites is 1. The molecule has 88 valence electrons. The highest BCUT2D eigenvalue weighted by Gasteiger charge is 2.19. The Balaban J connectivity index is 2.68. The van der Waals surface area contributed by atoms with Gasteiger partial charge in [0.2, 0.25) is 5.91 Å². The highest BCUT2D eigenvalue weighted by atomic mass is 35.5. The van der Waals surface area contributed by atoms with Gasteiger partial charge in [0.1, 0.15) is 0 Å². The third kappa shape index (κ3) is 3.22. The maximum atomic E-state index is 11.8. The highest BCUT2D eigenvalue weighted by Crippen LogP contribution is 2.21. The Bertz CT molecular complexity index is 368. The molecule has 2 unspecified atom stereocenters. The number of carbonyl (C=O) groups excluding carboxylic acids is 1. The standard InChI is InChI=1S/C12H17ClN2O/c1-3-8(2)11(14)12(16)15-10-7-5-4-6-9(10)13/h4-8,11H,3,14H2,1-2H3,(H,15,16). The van der Waals surface area contributed by atoms with Crippen LogP contribution < -0.4 is 11.1 Å². The van der Waals surface area contributed by atoms with Gasteiger partial charge < -0.3 is 11.1 Å². The van der Waals surface area contributed by atoms with Crippen molar-refractivity contribution < 1.29 is 4.79 Å². The predicted octanol–water partition coefficient (Wildman–Crippen LogP) is 2.65. The molecule has 0 heterocycles. The number of halogens is 1. The van der Waals surface area contributed by atoms with Gasteiger partial charge in [-0.25, -0.2) is 0 Å². The number of carbonyl (C=O) groups is 1. The van der Waals surface area contributed by atoms with E-state index in [1.165, 1.54) is 0 Å². The Kier molecular flexibility index (Phi) is 4.77.